The summed E-state index contributed by atoms with van der Waals surface area (Å²) in [5.41, 5.74) is 0.339. The zero-order valence-electron chi connectivity index (χ0n) is 17.1. The summed E-state index contributed by atoms with van der Waals surface area (Å²) in [5, 5.41) is 13.5. The number of carbonyl (C=O) groups is 2. The fraction of sp³-hybridized carbons (Fsp3) is 0.261. The van der Waals surface area contributed by atoms with Crippen molar-refractivity contribution in [2.75, 3.05) is 5.32 Å². The average molecular weight is 495 g/mol. The number of alkyl halides is 3. The Morgan fingerprint density at radius 1 is 1.24 bits per heavy atom. The Morgan fingerprint density at radius 3 is 2.73 bits per heavy atom. The number of aromatic nitrogens is 1. The number of carboxylic acid groups (broad SMARTS) is 1. The Balaban J connectivity index is 1.59. The number of rotatable bonds is 6. The Morgan fingerprint density at radius 2 is 2.03 bits per heavy atom. The third-order valence-electron chi connectivity index (χ3n) is 5.60. The first-order valence-corrected chi connectivity index (χ1v) is 11.2. The number of nitrogens with zero attached hydrogens (tertiary/aromatic N) is 1. The quantitative estimate of drug-likeness (QED) is 0.396. The van der Waals surface area contributed by atoms with Gasteiger partial charge in [0.05, 0.1) is 23.1 Å². The SMILES string of the molecule is O=C(O)CC1(CC(F)(F)F)CCc2cc(-c3cnc(Nc4cccc(Cl)c4)s3)ccc2C1=O. The maximum atomic E-state index is 13.2. The molecule has 5 nitrogen and oxygen atoms in total. The van der Waals surface area contributed by atoms with Crippen molar-refractivity contribution in [2.45, 2.75) is 31.9 Å². The molecule has 0 bridgehead atoms. The number of anilines is 2. The van der Waals surface area contributed by atoms with Gasteiger partial charge in [-0.25, -0.2) is 4.98 Å². The molecule has 0 fully saturated rings. The van der Waals surface area contributed by atoms with Crippen molar-refractivity contribution in [3.8, 4) is 10.4 Å². The molecule has 1 aromatic heterocycles. The smallest absolute Gasteiger partial charge is 0.390 e. The molecular formula is C23H18ClF3N2O3S. The minimum atomic E-state index is -4.64. The number of halogens is 4. The van der Waals surface area contributed by atoms with E-state index in [0.717, 1.165) is 16.1 Å². The number of nitrogens with one attached hydrogen (secondary N) is 1. The van der Waals surface area contributed by atoms with Gasteiger partial charge in [-0.3, -0.25) is 9.59 Å². The van der Waals surface area contributed by atoms with Crippen LogP contribution in [0, 0.1) is 5.41 Å². The fourth-order valence-corrected chi connectivity index (χ4v) is 5.20. The predicted octanol–water partition coefficient (Wildman–Crippen LogP) is 6.75. The van der Waals surface area contributed by atoms with Crippen molar-refractivity contribution in [3.63, 3.8) is 0 Å². The standard InChI is InChI=1S/C23H18ClF3N2O3S/c24-15-2-1-3-16(9-15)29-21-28-11-18(33-21)14-4-5-17-13(8-14)6-7-22(20(17)32,10-19(30)31)12-23(25,26)27/h1-5,8-9,11H,6-7,10,12H2,(H,28,29)(H,30,31). The molecule has 1 aliphatic rings. The molecule has 2 aromatic carbocycles. The van der Waals surface area contributed by atoms with Gasteiger partial charge in [-0.2, -0.15) is 13.2 Å². The van der Waals surface area contributed by atoms with Gasteiger partial charge in [0, 0.05) is 22.5 Å². The first-order chi connectivity index (χ1) is 15.5. The number of ketones is 1. The number of aryl methyl sites for hydroxylation is 1. The number of benzene rings is 2. The molecule has 0 saturated carbocycles. The molecule has 3 aromatic rings. The largest absolute Gasteiger partial charge is 0.481 e. The van der Waals surface area contributed by atoms with Crippen LogP contribution < -0.4 is 5.32 Å². The van der Waals surface area contributed by atoms with E-state index in [0.29, 0.717) is 15.7 Å². The summed E-state index contributed by atoms with van der Waals surface area (Å²) in [6, 6.07) is 12.1. The van der Waals surface area contributed by atoms with Gasteiger partial charge in [0.25, 0.3) is 0 Å². The van der Waals surface area contributed by atoms with Crippen LogP contribution in [0.5, 0.6) is 0 Å². The molecule has 1 heterocycles. The topological polar surface area (TPSA) is 79.3 Å². The van der Waals surface area contributed by atoms with Gasteiger partial charge >= 0.3 is 12.1 Å². The highest BCUT2D eigenvalue weighted by molar-refractivity contribution is 7.18. The van der Waals surface area contributed by atoms with E-state index in [1.54, 1.807) is 30.5 Å². The summed E-state index contributed by atoms with van der Waals surface area (Å²) in [6.07, 6.45) is -5.25. The van der Waals surface area contributed by atoms with E-state index < -0.39 is 36.2 Å². The van der Waals surface area contributed by atoms with Crippen molar-refractivity contribution in [1.29, 1.82) is 0 Å². The van der Waals surface area contributed by atoms with E-state index in [2.05, 4.69) is 10.3 Å². The van der Waals surface area contributed by atoms with Gasteiger partial charge in [0.2, 0.25) is 0 Å². The summed E-state index contributed by atoms with van der Waals surface area (Å²) >= 11 is 7.37. The number of carboxylic acids is 1. The lowest BCUT2D eigenvalue weighted by Crippen LogP contribution is -2.41. The Kier molecular flexibility index (Phi) is 6.20. The monoisotopic (exact) mass is 494 g/mol. The van der Waals surface area contributed by atoms with Gasteiger partial charge < -0.3 is 10.4 Å². The third kappa shape index (κ3) is 5.20. The van der Waals surface area contributed by atoms with E-state index in [1.807, 2.05) is 12.1 Å². The van der Waals surface area contributed by atoms with Crippen LogP contribution in [0.25, 0.3) is 10.4 Å². The summed E-state index contributed by atoms with van der Waals surface area (Å²) in [5.74, 6) is -2.18. The zero-order chi connectivity index (χ0) is 23.8. The molecule has 33 heavy (non-hydrogen) atoms. The van der Waals surface area contributed by atoms with Crippen LogP contribution in [0.4, 0.5) is 24.0 Å². The number of thiazole rings is 1. The van der Waals surface area contributed by atoms with Crippen LogP contribution >= 0.6 is 22.9 Å². The third-order valence-corrected chi connectivity index (χ3v) is 6.80. The van der Waals surface area contributed by atoms with E-state index in [-0.39, 0.29) is 18.4 Å². The number of hydrogen-bond acceptors (Lipinski definition) is 5. The molecule has 0 aliphatic heterocycles. The van der Waals surface area contributed by atoms with E-state index >= 15 is 0 Å². The molecule has 0 spiro atoms. The Labute approximate surface area is 196 Å². The van der Waals surface area contributed by atoms with Crippen LogP contribution in [0.1, 0.15) is 35.2 Å². The second-order valence-electron chi connectivity index (χ2n) is 8.01. The zero-order valence-corrected chi connectivity index (χ0v) is 18.7. The Bertz CT molecular complexity index is 1230. The van der Waals surface area contributed by atoms with Crippen molar-refractivity contribution < 1.29 is 27.9 Å². The predicted molar refractivity (Wildman–Crippen MR) is 120 cm³/mol. The highest BCUT2D eigenvalue weighted by Gasteiger charge is 2.50. The van der Waals surface area contributed by atoms with Gasteiger partial charge in [0.1, 0.15) is 0 Å². The van der Waals surface area contributed by atoms with Crippen molar-refractivity contribution in [3.05, 3.63) is 64.8 Å². The molecule has 0 radical (unpaired) electrons. The number of carbonyl (C=O) groups excluding carboxylic acids is 1. The van der Waals surface area contributed by atoms with Crippen molar-refractivity contribution in [1.82, 2.24) is 4.98 Å². The van der Waals surface area contributed by atoms with Crippen molar-refractivity contribution in [2.24, 2.45) is 5.41 Å². The summed E-state index contributed by atoms with van der Waals surface area (Å²) in [6.45, 7) is 0. The van der Waals surface area contributed by atoms with Gasteiger partial charge in [-0.05, 0) is 48.2 Å². The van der Waals surface area contributed by atoms with E-state index in [9.17, 15) is 27.9 Å². The van der Waals surface area contributed by atoms with E-state index in [1.165, 1.54) is 17.4 Å². The van der Waals surface area contributed by atoms with Crippen LogP contribution in [0.2, 0.25) is 5.02 Å². The van der Waals surface area contributed by atoms with Gasteiger partial charge in [-0.1, -0.05) is 41.1 Å². The molecule has 1 unspecified atom stereocenters. The maximum Gasteiger partial charge on any atom is 0.390 e. The molecule has 1 aliphatic carbocycles. The fourth-order valence-electron chi connectivity index (χ4n) is 4.18. The van der Waals surface area contributed by atoms with Crippen LogP contribution in [-0.2, 0) is 11.2 Å². The highest BCUT2D eigenvalue weighted by Crippen LogP contribution is 2.46. The summed E-state index contributed by atoms with van der Waals surface area (Å²) in [7, 11) is 0. The van der Waals surface area contributed by atoms with Gasteiger partial charge in [0.15, 0.2) is 10.9 Å². The molecular weight excluding hydrogens is 477 g/mol. The number of hydrogen-bond donors (Lipinski definition) is 2. The average Bonchev–Trinajstić information content (AvgIpc) is 3.17. The lowest BCUT2D eigenvalue weighted by Gasteiger charge is -2.36. The molecule has 172 valence electrons. The number of fused-ring (bicyclic) bond motifs is 1. The molecule has 1 atom stereocenters. The molecule has 0 saturated heterocycles. The first kappa shape index (κ1) is 23.3. The molecule has 4 rings (SSSR count). The van der Waals surface area contributed by atoms with Crippen LogP contribution in [0.3, 0.4) is 0 Å². The highest BCUT2D eigenvalue weighted by atomic mass is 35.5. The minimum Gasteiger partial charge on any atom is -0.481 e. The second kappa shape index (κ2) is 8.79. The van der Waals surface area contributed by atoms with Crippen LogP contribution in [-0.4, -0.2) is 28.0 Å². The van der Waals surface area contributed by atoms with Crippen LogP contribution in [0.15, 0.2) is 48.7 Å². The Hall–Kier alpha value is -2.91. The molecule has 10 heteroatoms. The lowest BCUT2D eigenvalue weighted by atomic mass is 9.66. The van der Waals surface area contributed by atoms with E-state index in [4.69, 9.17) is 11.6 Å². The number of aliphatic carboxylic acids is 1. The molecule has 0 amide bonds. The number of Topliss-reactive ketones (excluding diaryl/α,β-unsaturated/α-hetero) is 1. The summed E-state index contributed by atoms with van der Waals surface area (Å²) in [4.78, 5) is 29.5. The van der Waals surface area contributed by atoms with Gasteiger partial charge in [-0.15, -0.1) is 0 Å². The first-order valence-electron chi connectivity index (χ1n) is 10.00. The molecule has 2 N–H and O–H groups in total. The minimum absolute atomic E-state index is 0.150. The normalized spacial score (nSPS) is 18.1. The second-order valence-corrected chi connectivity index (χ2v) is 9.48. The van der Waals surface area contributed by atoms with Crippen molar-refractivity contribution >= 4 is 45.5 Å². The lowest BCUT2D eigenvalue weighted by molar-refractivity contribution is -0.160. The maximum absolute atomic E-state index is 13.2. The summed E-state index contributed by atoms with van der Waals surface area (Å²) < 4.78 is 39.6.